The highest BCUT2D eigenvalue weighted by Gasteiger charge is 2.43. The molecular weight excluding hydrogens is 318 g/mol. The van der Waals surface area contributed by atoms with Crippen LogP contribution < -0.4 is 0 Å². The highest BCUT2D eigenvalue weighted by molar-refractivity contribution is 5.77. The van der Waals surface area contributed by atoms with E-state index in [1.54, 1.807) is 12.4 Å². The second-order valence-corrected chi connectivity index (χ2v) is 7.99. The fraction of sp³-hybridized carbons (Fsp3) is 0.611. The van der Waals surface area contributed by atoms with Crippen molar-refractivity contribution in [2.45, 2.75) is 58.0 Å². The Morgan fingerprint density at radius 2 is 2.04 bits per heavy atom. The molecule has 2 aromatic heterocycles. The number of aromatic amines is 1. The highest BCUT2D eigenvalue weighted by atomic mass is 16.4. The molecule has 2 aromatic rings. The van der Waals surface area contributed by atoms with Crippen LogP contribution in [-0.2, 0) is 22.3 Å². The lowest BCUT2D eigenvalue weighted by Gasteiger charge is -2.40. The number of hydrogen-bond donors (Lipinski definition) is 2. The molecule has 1 aliphatic heterocycles. The van der Waals surface area contributed by atoms with Crippen molar-refractivity contribution in [3.63, 3.8) is 0 Å². The van der Waals surface area contributed by atoms with Crippen LogP contribution in [0.1, 0.15) is 50.8 Å². The van der Waals surface area contributed by atoms with Gasteiger partial charge in [-0.25, -0.2) is 9.78 Å². The molecule has 0 amide bonds. The number of rotatable bonds is 4. The first kappa shape index (κ1) is 17.7. The number of piperidine rings is 1. The summed E-state index contributed by atoms with van der Waals surface area (Å²) >= 11 is 0. The van der Waals surface area contributed by atoms with Crippen molar-refractivity contribution >= 4 is 5.97 Å². The van der Waals surface area contributed by atoms with Crippen molar-refractivity contribution in [1.82, 2.24) is 24.6 Å². The van der Waals surface area contributed by atoms with Crippen LogP contribution in [0.25, 0.3) is 0 Å². The fourth-order valence-electron chi connectivity index (χ4n) is 3.54. The van der Waals surface area contributed by atoms with Crippen LogP contribution in [-0.4, -0.2) is 48.8 Å². The van der Waals surface area contributed by atoms with E-state index in [1.807, 2.05) is 11.5 Å². The van der Waals surface area contributed by atoms with Gasteiger partial charge in [0.1, 0.15) is 11.4 Å². The molecule has 7 nitrogen and oxygen atoms in total. The molecule has 3 rings (SSSR count). The standard InChI is InChI=1S/C18H27N5O2/c1-13-19-7-10-23(13)18(16(24)25)5-8-22(9-6-18)12-14-11-15(21-20-14)17(2,3)4/h7,10-11H,5-6,8-9,12H2,1-4H3,(H,20,21)(H,24,25). The van der Waals surface area contributed by atoms with Gasteiger partial charge in [-0.15, -0.1) is 0 Å². The van der Waals surface area contributed by atoms with E-state index in [0.29, 0.717) is 12.8 Å². The van der Waals surface area contributed by atoms with E-state index in [1.165, 1.54) is 0 Å². The number of likely N-dealkylation sites (tertiary alicyclic amines) is 1. The second kappa shape index (κ2) is 6.29. The Balaban J connectivity index is 1.69. The van der Waals surface area contributed by atoms with Crippen molar-refractivity contribution in [2.75, 3.05) is 13.1 Å². The first-order chi connectivity index (χ1) is 11.7. The molecule has 2 N–H and O–H groups in total. The maximum absolute atomic E-state index is 12.0. The lowest BCUT2D eigenvalue weighted by molar-refractivity contribution is -0.150. The number of aryl methyl sites for hydroxylation is 1. The molecule has 0 bridgehead atoms. The van der Waals surface area contributed by atoms with Crippen molar-refractivity contribution in [3.05, 3.63) is 35.7 Å². The summed E-state index contributed by atoms with van der Waals surface area (Å²) in [5.41, 5.74) is 1.26. The largest absolute Gasteiger partial charge is 0.479 e. The third-order valence-corrected chi connectivity index (χ3v) is 5.16. The minimum Gasteiger partial charge on any atom is -0.479 e. The predicted molar refractivity (Wildman–Crippen MR) is 94.4 cm³/mol. The molecule has 25 heavy (non-hydrogen) atoms. The van der Waals surface area contributed by atoms with Gasteiger partial charge in [-0.05, 0) is 25.8 Å². The monoisotopic (exact) mass is 345 g/mol. The molecule has 0 atom stereocenters. The quantitative estimate of drug-likeness (QED) is 0.888. The summed E-state index contributed by atoms with van der Waals surface area (Å²) in [7, 11) is 0. The molecule has 0 radical (unpaired) electrons. The number of carboxylic acid groups (broad SMARTS) is 1. The topological polar surface area (TPSA) is 87.0 Å². The van der Waals surface area contributed by atoms with Crippen LogP contribution >= 0.6 is 0 Å². The Kier molecular flexibility index (Phi) is 4.45. The van der Waals surface area contributed by atoms with Crippen molar-refractivity contribution < 1.29 is 9.90 Å². The van der Waals surface area contributed by atoms with E-state index in [-0.39, 0.29) is 5.41 Å². The molecule has 1 saturated heterocycles. The molecule has 0 aliphatic carbocycles. The summed E-state index contributed by atoms with van der Waals surface area (Å²) in [6, 6.07) is 2.11. The summed E-state index contributed by atoms with van der Waals surface area (Å²) < 4.78 is 1.82. The maximum atomic E-state index is 12.0. The fourth-order valence-corrected chi connectivity index (χ4v) is 3.54. The number of aromatic nitrogens is 4. The van der Waals surface area contributed by atoms with Gasteiger partial charge in [0.2, 0.25) is 0 Å². The molecule has 1 aliphatic rings. The Hall–Kier alpha value is -2.15. The highest BCUT2D eigenvalue weighted by Crippen LogP contribution is 2.32. The lowest BCUT2D eigenvalue weighted by Crippen LogP contribution is -2.51. The predicted octanol–water partition coefficient (Wildman–Crippen LogP) is 2.29. The molecule has 1 fully saturated rings. The van der Waals surface area contributed by atoms with E-state index in [0.717, 1.165) is 36.8 Å². The summed E-state index contributed by atoms with van der Waals surface area (Å²) in [6.45, 7) is 10.5. The molecule has 7 heteroatoms. The Morgan fingerprint density at radius 3 is 2.52 bits per heavy atom. The van der Waals surface area contributed by atoms with Gasteiger partial charge in [0.25, 0.3) is 0 Å². The molecular formula is C18H27N5O2. The number of hydrogen-bond acceptors (Lipinski definition) is 4. The van der Waals surface area contributed by atoms with Crippen molar-refractivity contribution in [3.8, 4) is 0 Å². The zero-order chi connectivity index (χ0) is 18.2. The minimum atomic E-state index is -0.887. The van der Waals surface area contributed by atoms with E-state index in [4.69, 9.17) is 0 Å². The first-order valence-corrected chi connectivity index (χ1v) is 8.73. The van der Waals surface area contributed by atoms with Crippen LogP contribution in [0, 0.1) is 6.92 Å². The number of aliphatic carboxylic acids is 1. The number of H-pyrrole nitrogens is 1. The number of nitrogens with one attached hydrogen (secondary N) is 1. The van der Waals surface area contributed by atoms with E-state index in [2.05, 4.69) is 46.9 Å². The van der Waals surface area contributed by atoms with Gasteiger partial charge in [-0.3, -0.25) is 10.00 Å². The number of nitrogens with zero attached hydrogens (tertiary/aromatic N) is 4. The summed E-state index contributed by atoms with van der Waals surface area (Å²) in [5.74, 6) is -0.0240. The van der Waals surface area contributed by atoms with E-state index < -0.39 is 11.5 Å². The van der Waals surface area contributed by atoms with Gasteiger partial charge >= 0.3 is 5.97 Å². The van der Waals surface area contributed by atoms with E-state index >= 15 is 0 Å². The lowest BCUT2D eigenvalue weighted by atomic mass is 9.86. The minimum absolute atomic E-state index is 0.0219. The summed E-state index contributed by atoms with van der Waals surface area (Å²) in [4.78, 5) is 18.5. The normalized spacial score (nSPS) is 18.4. The smallest absolute Gasteiger partial charge is 0.330 e. The van der Waals surface area contributed by atoms with Crippen LogP contribution in [0.5, 0.6) is 0 Å². The Labute approximate surface area is 148 Å². The van der Waals surface area contributed by atoms with Gasteiger partial charge in [-0.2, -0.15) is 5.10 Å². The van der Waals surface area contributed by atoms with Gasteiger partial charge < -0.3 is 9.67 Å². The first-order valence-electron chi connectivity index (χ1n) is 8.73. The van der Waals surface area contributed by atoms with Crippen molar-refractivity contribution in [1.29, 1.82) is 0 Å². The van der Waals surface area contributed by atoms with Crippen LogP contribution in [0.15, 0.2) is 18.5 Å². The van der Waals surface area contributed by atoms with Gasteiger partial charge in [0.05, 0.1) is 5.69 Å². The second-order valence-electron chi connectivity index (χ2n) is 7.99. The molecule has 136 valence electrons. The van der Waals surface area contributed by atoms with Gasteiger partial charge in [0, 0.05) is 43.1 Å². The van der Waals surface area contributed by atoms with Crippen LogP contribution in [0.4, 0.5) is 0 Å². The van der Waals surface area contributed by atoms with E-state index in [9.17, 15) is 9.90 Å². The molecule has 3 heterocycles. The number of carbonyl (C=O) groups is 1. The zero-order valence-electron chi connectivity index (χ0n) is 15.4. The van der Waals surface area contributed by atoms with Crippen LogP contribution in [0.3, 0.4) is 0 Å². The maximum Gasteiger partial charge on any atom is 0.330 e. The average molecular weight is 345 g/mol. The third kappa shape index (κ3) is 3.33. The Morgan fingerprint density at radius 1 is 1.36 bits per heavy atom. The SMILES string of the molecule is Cc1nccn1C1(C(=O)O)CCN(Cc2cc(C(C)(C)C)n[nH]2)CC1. The molecule has 0 aromatic carbocycles. The van der Waals surface area contributed by atoms with Gasteiger partial charge in [0.15, 0.2) is 0 Å². The van der Waals surface area contributed by atoms with Crippen molar-refractivity contribution in [2.24, 2.45) is 0 Å². The molecule has 0 unspecified atom stereocenters. The molecule has 0 spiro atoms. The number of carboxylic acids is 1. The van der Waals surface area contributed by atoms with Gasteiger partial charge in [-0.1, -0.05) is 20.8 Å². The number of imidazole rings is 1. The average Bonchev–Trinajstić information content (AvgIpc) is 3.17. The van der Waals surface area contributed by atoms with Crippen LogP contribution in [0.2, 0.25) is 0 Å². The summed E-state index contributed by atoms with van der Waals surface area (Å²) in [5, 5.41) is 17.4. The summed E-state index contributed by atoms with van der Waals surface area (Å²) in [6.07, 6.45) is 4.59. The Bertz CT molecular complexity index is 748. The molecule has 0 saturated carbocycles. The third-order valence-electron chi connectivity index (χ3n) is 5.16. The zero-order valence-corrected chi connectivity index (χ0v) is 15.4.